The molecule has 68 heavy (non-hydrogen) atoms. The van der Waals surface area contributed by atoms with Crippen LogP contribution in [0, 0.1) is 0 Å². The first-order chi connectivity index (χ1) is 33.4. The largest absolute Gasteiger partial charge is 0.457 e. The summed E-state index contributed by atoms with van der Waals surface area (Å²) >= 11 is 0. The number of carbonyl (C=O) groups is 1. The van der Waals surface area contributed by atoms with Gasteiger partial charge in [-0.05, 0) is 64.2 Å². The van der Waals surface area contributed by atoms with Crippen LogP contribution in [0.5, 0.6) is 0 Å². The molecule has 9 nitrogen and oxygen atoms in total. The summed E-state index contributed by atoms with van der Waals surface area (Å²) < 4.78 is 22.9. The van der Waals surface area contributed by atoms with Crippen LogP contribution in [0.2, 0.25) is 0 Å². The summed E-state index contributed by atoms with van der Waals surface area (Å²) in [5.74, 6) is -0.336. The lowest BCUT2D eigenvalue weighted by molar-refractivity contribution is -0.305. The Bertz CT molecular complexity index is 1270. The van der Waals surface area contributed by atoms with Gasteiger partial charge in [0.15, 0.2) is 6.29 Å². The van der Waals surface area contributed by atoms with Gasteiger partial charge in [-0.3, -0.25) is 4.79 Å². The Morgan fingerprint density at radius 1 is 0.485 bits per heavy atom. The highest BCUT2D eigenvalue weighted by atomic mass is 16.7. The van der Waals surface area contributed by atoms with Gasteiger partial charge in [-0.25, -0.2) is 0 Å². The Balaban J connectivity index is 2.20. The zero-order valence-corrected chi connectivity index (χ0v) is 43.6. The molecule has 4 N–H and O–H groups in total. The lowest BCUT2D eigenvalue weighted by Crippen LogP contribution is -2.59. The molecular weight excluding hydrogens is 853 g/mol. The molecule has 0 amide bonds. The summed E-state index contributed by atoms with van der Waals surface area (Å²) in [4.78, 5) is 12.9. The van der Waals surface area contributed by atoms with E-state index in [-0.39, 0.29) is 25.6 Å². The van der Waals surface area contributed by atoms with E-state index in [0.29, 0.717) is 6.61 Å². The van der Waals surface area contributed by atoms with Crippen molar-refractivity contribution >= 4 is 5.97 Å². The minimum atomic E-state index is -1.54. The van der Waals surface area contributed by atoms with E-state index >= 15 is 0 Å². The predicted molar refractivity (Wildman–Crippen MR) is 284 cm³/mol. The summed E-state index contributed by atoms with van der Waals surface area (Å²) in [7, 11) is 0. The van der Waals surface area contributed by atoms with E-state index in [1.807, 2.05) is 0 Å². The van der Waals surface area contributed by atoms with Crippen molar-refractivity contribution in [3.63, 3.8) is 0 Å². The Hall–Kier alpha value is -2.37. The van der Waals surface area contributed by atoms with Gasteiger partial charge < -0.3 is 39.4 Å². The maximum atomic E-state index is 12.9. The van der Waals surface area contributed by atoms with Crippen LogP contribution in [-0.4, -0.2) is 89.6 Å². The summed E-state index contributed by atoms with van der Waals surface area (Å²) in [6.07, 6.45) is 59.4. The molecule has 394 valence electrons. The molecule has 0 aromatic carbocycles. The number of aliphatic hydroxyl groups excluding tert-OH is 4. The Labute approximate surface area is 417 Å². The molecule has 6 atom stereocenters. The number of hydrogen-bond donors (Lipinski definition) is 4. The van der Waals surface area contributed by atoms with Crippen LogP contribution in [0.1, 0.15) is 232 Å². The molecule has 0 saturated carbocycles. The van der Waals surface area contributed by atoms with Crippen molar-refractivity contribution in [2.75, 3.05) is 26.4 Å². The van der Waals surface area contributed by atoms with E-state index in [4.69, 9.17) is 18.9 Å². The number of esters is 1. The lowest BCUT2D eigenvalue weighted by atomic mass is 9.99. The van der Waals surface area contributed by atoms with Crippen molar-refractivity contribution in [2.24, 2.45) is 0 Å². The van der Waals surface area contributed by atoms with Crippen molar-refractivity contribution in [3.05, 3.63) is 72.9 Å². The average Bonchev–Trinajstić information content (AvgIpc) is 3.34. The molecule has 0 spiro atoms. The van der Waals surface area contributed by atoms with Crippen molar-refractivity contribution < 1.29 is 44.2 Å². The molecule has 1 heterocycles. The second-order valence-electron chi connectivity index (χ2n) is 19.0. The number of carbonyl (C=O) groups excluding carboxylic acids is 1. The first-order valence-corrected chi connectivity index (χ1v) is 28.0. The minimum Gasteiger partial charge on any atom is -0.457 e. The lowest BCUT2D eigenvalue weighted by Gasteiger charge is -2.39. The molecular formula is C59H104O9. The van der Waals surface area contributed by atoms with E-state index < -0.39 is 43.4 Å². The van der Waals surface area contributed by atoms with Gasteiger partial charge in [-0.1, -0.05) is 234 Å². The van der Waals surface area contributed by atoms with Crippen LogP contribution in [-0.2, 0) is 23.7 Å². The summed E-state index contributed by atoms with van der Waals surface area (Å²) in [6, 6.07) is 0. The highest BCUT2D eigenvalue weighted by Gasteiger charge is 2.44. The third-order valence-corrected chi connectivity index (χ3v) is 12.6. The fourth-order valence-electron chi connectivity index (χ4n) is 8.32. The van der Waals surface area contributed by atoms with E-state index in [2.05, 4.69) is 86.8 Å². The van der Waals surface area contributed by atoms with E-state index in [1.165, 1.54) is 128 Å². The van der Waals surface area contributed by atoms with Crippen LogP contribution in [0.25, 0.3) is 0 Å². The number of hydrogen-bond acceptors (Lipinski definition) is 9. The SMILES string of the molecule is CC/C=C\C/C=C\C/C=C\C/C=C\C/C=C\C/C=C\CCCCCCC(=O)OC(COCCCCCCCCCCCCCCCCCCCCCCCC)COC1OC(CO)C(O)C(O)C1O. The molecule has 1 rings (SSSR count). The minimum absolute atomic E-state index is 0.125. The number of unbranched alkanes of at least 4 members (excludes halogenated alkanes) is 25. The van der Waals surface area contributed by atoms with Crippen molar-refractivity contribution in [2.45, 2.75) is 269 Å². The standard InChI is InChI=1S/C59H104O9/c1-3-5-7-9-11-13-15-17-19-21-23-25-27-28-30-32-34-36-38-40-42-44-46-48-55(61)67-53(52-66-59-58(64)57(63)56(62)54(50-60)68-59)51-65-49-47-45-43-41-39-37-35-33-31-29-26-24-22-20-18-16-14-12-10-8-6-4-2/h5,7,11,13,17,19,23,25,28,30,34,36,53-54,56-60,62-64H,3-4,6,8-10,12,14-16,18,20-22,24,26-27,29,31-33,35,37-52H2,1-2H3/b7-5-,13-11-,19-17-,25-23-,30-28-,36-34-. The topological polar surface area (TPSA) is 135 Å². The van der Waals surface area contributed by atoms with Gasteiger partial charge in [-0.2, -0.15) is 0 Å². The van der Waals surface area contributed by atoms with Crippen molar-refractivity contribution in [3.8, 4) is 0 Å². The number of aliphatic hydroxyl groups is 4. The van der Waals surface area contributed by atoms with Crippen LogP contribution in [0.15, 0.2) is 72.9 Å². The van der Waals surface area contributed by atoms with Crippen molar-refractivity contribution in [1.29, 1.82) is 0 Å². The van der Waals surface area contributed by atoms with Gasteiger partial charge >= 0.3 is 5.97 Å². The highest BCUT2D eigenvalue weighted by molar-refractivity contribution is 5.69. The molecule has 0 aromatic heterocycles. The number of rotatable bonds is 48. The van der Waals surface area contributed by atoms with Crippen LogP contribution in [0.3, 0.4) is 0 Å². The second kappa shape index (κ2) is 49.6. The van der Waals surface area contributed by atoms with E-state index in [0.717, 1.165) is 83.5 Å². The Morgan fingerprint density at radius 3 is 1.35 bits per heavy atom. The zero-order valence-electron chi connectivity index (χ0n) is 43.6. The first-order valence-electron chi connectivity index (χ1n) is 28.0. The van der Waals surface area contributed by atoms with E-state index in [9.17, 15) is 25.2 Å². The van der Waals surface area contributed by atoms with Gasteiger partial charge in [0.05, 0.1) is 19.8 Å². The maximum Gasteiger partial charge on any atom is 0.306 e. The van der Waals surface area contributed by atoms with Crippen molar-refractivity contribution in [1.82, 2.24) is 0 Å². The van der Waals surface area contributed by atoms with Crippen LogP contribution in [0.4, 0.5) is 0 Å². The fourth-order valence-corrected chi connectivity index (χ4v) is 8.32. The van der Waals surface area contributed by atoms with Gasteiger partial charge in [-0.15, -0.1) is 0 Å². The van der Waals surface area contributed by atoms with Gasteiger partial charge in [0, 0.05) is 13.0 Å². The third-order valence-electron chi connectivity index (χ3n) is 12.6. The number of allylic oxidation sites excluding steroid dienone is 12. The molecule has 1 fully saturated rings. The molecule has 1 aliphatic rings. The number of ether oxygens (including phenoxy) is 4. The molecule has 1 aliphatic heterocycles. The van der Waals surface area contributed by atoms with E-state index in [1.54, 1.807) is 0 Å². The summed E-state index contributed by atoms with van der Waals surface area (Å²) in [6.45, 7) is 4.44. The van der Waals surface area contributed by atoms with Crippen LogP contribution >= 0.6 is 0 Å². The molecule has 0 aliphatic carbocycles. The fraction of sp³-hybridized carbons (Fsp3) is 0.780. The van der Waals surface area contributed by atoms with Gasteiger partial charge in [0.2, 0.25) is 0 Å². The normalized spacial score (nSPS) is 19.6. The zero-order chi connectivity index (χ0) is 49.2. The monoisotopic (exact) mass is 957 g/mol. The summed E-state index contributed by atoms with van der Waals surface area (Å²) in [5.41, 5.74) is 0. The predicted octanol–water partition coefficient (Wildman–Crippen LogP) is 14.4. The average molecular weight is 957 g/mol. The molecule has 9 heteroatoms. The highest BCUT2D eigenvalue weighted by Crippen LogP contribution is 2.23. The third kappa shape index (κ3) is 39.4. The molecule has 0 radical (unpaired) electrons. The maximum absolute atomic E-state index is 12.9. The molecule has 6 unspecified atom stereocenters. The van der Waals surface area contributed by atoms with Crippen LogP contribution < -0.4 is 0 Å². The quantitative estimate of drug-likeness (QED) is 0.0267. The Morgan fingerprint density at radius 2 is 0.897 bits per heavy atom. The Kier molecular flexibility index (Phi) is 46.4. The van der Waals surface area contributed by atoms with Gasteiger partial charge in [0.25, 0.3) is 0 Å². The van der Waals surface area contributed by atoms with Gasteiger partial charge in [0.1, 0.15) is 30.5 Å². The molecule has 0 aromatic rings. The second-order valence-corrected chi connectivity index (χ2v) is 19.0. The molecule has 0 bridgehead atoms. The first kappa shape index (κ1) is 63.6. The smallest absolute Gasteiger partial charge is 0.306 e. The molecule has 1 saturated heterocycles. The summed E-state index contributed by atoms with van der Waals surface area (Å²) in [5, 5.41) is 40.3.